The molecule has 6 nitrogen and oxygen atoms in total. The predicted octanol–water partition coefficient (Wildman–Crippen LogP) is 1.15. The lowest BCUT2D eigenvalue weighted by atomic mass is 9.97. The Kier molecular flexibility index (Phi) is 4.65. The molecule has 0 radical (unpaired) electrons. The van der Waals surface area contributed by atoms with E-state index in [0.717, 1.165) is 31.6 Å². The van der Waals surface area contributed by atoms with Crippen LogP contribution in [0.3, 0.4) is 0 Å². The highest BCUT2D eigenvalue weighted by atomic mass is 16.5. The van der Waals surface area contributed by atoms with Crippen LogP contribution in [0.5, 0.6) is 5.88 Å². The quantitative estimate of drug-likeness (QED) is 0.842. The highest BCUT2D eigenvalue weighted by Crippen LogP contribution is 2.26. The fraction of sp³-hybridized carbons (Fsp3) is 0.571. The van der Waals surface area contributed by atoms with Crippen molar-refractivity contribution in [3.8, 4) is 5.88 Å². The molecule has 0 aromatic carbocycles. The van der Waals surface area contributed by atoms with Crippen LogP contribution in [-0.4, -0.2) is 30.6 Å². The van der Waals surface area contributed by atoms with Gasteiger partial charge in [-0.05, 0) is 31.4 Å². The summed E-state index contributed by atoms with van der Waals surface area (Å²) in [6.07, 6.45) is 2.68. The molecule has 20 heavy (non-hydrogen) atoms. The van der Waals surface area contributed by atoms with Crippen molar-refractivity contribution >= 4 is 17.4 Å². The van der Waals surface area contributed by atoms with Crippen LogP contribution in [0.1, 0.15) is 26.2 Å². The second-order valence-corrected chi connectivity index (χ2v) is 5.10. The van der Waals surface area contributed by atoms with E-state index in [1.54, 1.807) is 6.07 Å². The number of primary amides is 1. The van der Waals surface area contributed by atoms with Gasteiger partial charge in [0.1, 0.15) is 5.82 Å². The Morgan fingerprint density at radius 1 is 1.55 bits per heavy atom. The highest BCUT2D eigenvalue weighted by Gasteiger charge is 2.25. The third kappa shape index (κ3) is 3.31. The number of pyridine rings is 1. The van der Waals surface area contributed by atoms with Gasteiger partial charge >= 0.3 is 0 Å². The molecular weight excluding hydrogens is 256 g/mol. The van der Waals surface area contributed by atoms with Crippen molar-refractivity contribution in [3.05, 3.63) is 12.1 Å². The molecule has 1 amide bonds. The van der Waals surface area contributed by atoms with Crippen molar-refractivity contribution in [2.24, 2.45) is 11.7 Å². The number of nitrogens with two attached hydrogens (primary N) is 2. The van der Waals surface area contributed by atoms with Crippen LogP contribution in [0.2, 0.25) is 0 Å². The molecule has 1 aliphatic rings. The minimum absolute atomic E-state index is 0.108. The third-order valence-corrected chi connectivity index (χ3v) is 3.47. The summed E-state index contributed by atoms with van der Waals surface area (Å²) in [5, 5.41) is 0. The number of amides is 1. The van der Waals surface area contributed by atoms with E-state index in [9.17, 15) is 4.79 Å². The van der Waals surface area contributed by atoms with Gasteiger partial charge in [-0.2, -0.15) is 4.98 Å². The largest absolute Gasteiger partial charge is 0.476 e. The standard InChI is InChI=1S/C14H22N4O2/c1-2-8-20-14-11(15)5-6-12(17-14)18-7-3-4-10(9-18)13(16)19/h5-6,10H,2-4,7-9,15H2,1H3,(H2,16,19). The number of ether oxygens (including phenoxy) is 1. The molecule has 1 aromatic rings. The fourth-order valence-corrected chi connectivity index (χ4v) is 2.35. The van der Waals surface area contributed by atoms with E-state index < -0.39 is 0 Å². The molecule has 1 fully saturated rings. The van der Waals surface area contributed by atoms with E-state index in [1.807, 2.05) is 13.0 Å². The van der Waals surface area contributed by atoms with E-state index in [0.29, 0.717) is 24.7 Å². The molecule has 1 aromatic heterocycles. The highest BCUT2D eigenvalue weighted by molar-refractivity contribution is 5.77. The molecule has 0 saturated carbocycles. The molecule has 0 spiro atoms. The number of anilines is 2. The van der Waals surface area contributed by atoms with E-state index in [2.05, 4.69) is 9.88 Å². The molecule has 0 bridgehead atoms. The molecular formula is C14H22N4O2. The Bertz CT molecular complexity index is 478. The van der Waals surface area contributed by atoms with Crippen LogP contribution in [0.15, 0.2) is 12.1 Å². The summed E-state index contributed by atoms with van der Waals surface area (Å²) in [6, 6.07) is 3.65. The van der Waals surface area contributed by atoms with E-state index in [4.69, 9.17) is 16.2 Å². The van der Waals surface area contributed by atoms with Crippen LogP contribution in [0.25, 0.3) is 0 Å². The number of carbonyl (C=O) groups is 1. The smallest absolute Gasteiger partial charge is 0.239 e. The van der Waals surface area contributed by atoms with Gasteiger partial charge in [-0.1, -0.05) is 6.92 Å². The molecule has 6 heteroatoms. The van der Waals surface area contributed by atoms with Crippen molar-refractivity contribution in [1.82, 2.24) is 4.98 Å². The average molecular weight is 278 g/mol. The lowest BCUT2D eigenvalue weighted by molar-refractivity contribution is -0.122. The molecule has 1 saturated heterocycles. The van der Waals surface area contributed by atoms with E-state index in [-0.39, 0.29) is 11.8 Å². The van der Waals surface area contributed by atoms with Gasteiger partial charge in [0.05, 0.1) is 18.2 Å². The number of rotatable bonds is 5. The van der Waals surface area contributed by atoms with Gasteiger partial charge in [-0.25, -0.2) is 0 Å². The SMILES string of the molecule is CCCOc1nc(N2CCCC(C(N)=O)C2)ccc1N. The van der Waals surface area contributed by atoms with Crippen molar-refractivity contribution in [1.29, 1.82) is 0 Å². The zero-order valence-electron chi connectivity index (χ0n) is 11.8. The van der Waals surface area contributed by atoms with Gasteiger partial charge in [0.2, 0.25) is 11.8 Å². The molecule has 1 aliphatic heterocycles. The number of hydrogen-bond donors (Lipinski definition) is 2. The zero-order chi connectivity index (χ0) is 14.5. The summed E-state index contributed by atoms with van der Waals surface area (Å²) >= 11 is 0. The Morgan fingerprint density at radius 2 is 2.35 bits per heavy atom. The molecule has 1 unspecified atom stereocenters. The summed E-state index contributed by atoms with van der Waals surface area (Å²) in [6.45, 7) is 4.10. The topological polar surface area (TPSA) is 94.5 Å². The normalized spacial score (nSPS) is 18.9. The summed E-state index contributed by atoms with van der Waals surface area (Å²) in [4.78, 5) is 17.8. The maximum Gasteiger partial charge on any atom is 0.239 e. The van der Waals surface area contributed by atoms with Crippen molar-refractivity contribution in [2.45, 2.75) is 26.2 Å². The second kappa shape index (κ2) is 6.45. The first kappa shape index (κ1) is 14.4. The second-order valence-electron chi connectivity index (χ2n) is 5.10. The van der Waals surface area contributed by atoms with Crippen LogP contribution >= 0.6 is 0 Å². The minimum atomic E-state index is -0.243. The molecule has 2 rings (SSSR count). The minimum Gasteiger partial charge on any atom is -0.476 e. The molecule has 4 N–H and O–H groups in total. The van der Waals surface area contributed by atoms with Crippen LogP contribution in [0.4, 0.5) is 11.5 Å². The number of nitrogens with zero attached hydrogens (tertiary/aromatic N) is 2. The first-order chi connectivity index (χ1) is 9.61. The number of carbonyl (C=O) groups excluding carboxylic acids is 1. The number of aromatic nitrogens is 1. The van der Waals surface area contributed by atoms with Gasteiger partial charge in [0, 0.05) is 13.1 Å². The Balaban J connectivity index is 2.13. The number of hydrogen-bond acceptors (Lipinski definition) is 5. The first-order valence-electron chi connectivity index (χ1n) is 7.05. The lowest BCUT2D eigenvalue weighted by Gasteiger charge is -2.32. The van der Waals surface area contributed by atoms with Gasteiger partial charge in [0.25, 0.3) is 0 Å². The summed E-state index contributed by atoms with van der Waals surface area (Å²) in [5.74, 6) is 0.900. The van der Waals surface area contributed by atoms with Crippen LogP contribution in [-0.2, 0) is 4.79 Å². The van der Waals surface area contributed by atoms with Gasteiger partial charge in [-0.3, -0.25) is 4.79 Å². The van der Waals surface area contributed by atoms with Crippen LogP contribution < -0.4 is 21.1 Å². The molecule has 2 heterocycles. The van der Waals surface area contributed by atoms with Gasteiger partial charge < -0.3 is 21.1 Å². The monoisotopic (exact) mass is 278 g/mol. The average Bonchev–Trinajstić information content (AvgIpc) is 2.46. The Morgan fingerprint density at radius 3 is 3.05 bits per heavy atom. The van der Waals surface area contributed by atoms with Gasteiger partial charge in [0.15, 0.2) is 0 Å². The van der Waals surface area contributed by atoms with Crippen molar-refractivity contribution in [2.75, 3.05) is 30.3 Å². The maximum absolute atomic E-state index is 11.3. The van der Waals surface area contributed by atoms with E-state index in [1.165, 1.54) is 0 Å². The Labute approximate surface area is 119 Å². The molecule has 0 aliphatic carbocycles. The van der Waals surface area contributed by atoms with Crippen molar-refractivity contribution in [3.63, 3.8) is 0 Å². The first-order valence-corrected chi connectivity index (χ1v) is 7.05. The summed E-state index contributed by atoms with van der Waals surface area (Å²) in [7, 11) is 0. The molecule has 1 atom stereocenters. The fourth-order valence-electron chi connectivity index (χ4n) is 2.35. The number of nitrogen functional groups attached to an aromatic ring is 1. The number of piperidine rings is 1. The Hall–Kier alpha value is -1.98. The molecule has 110 valence electrons. The maximum atomic E-state index is 11.3. The van der Waals surface area contributed by atoms with Gasteiger partial charge in [-0.15, -0.1) is 0 Å². The lowest BCUT2D eigenvalue weighted by Crippen LogP contribution is -2.41. The summed E-state index contributed by atoms with van der Waals surface area (Å²) < 4.78 is 5.54. The van der Waals surface area contributed by atoms with E-state index >= 15 is 0 Å². The predicted molar refractivity (Wildman–Crippen MR) is 78.6 cm³/mol. The van der Waals surface area contributed by atoms with Crippen molar-refractivity contribution < 1.29 is 9.53 Å². The van der Waals surface area contributed by atoms with Crippen LogP contribution in [0, 0.1) is 5.92 Å². The third-order valence-electron chi connectivity index (χ3n) is 3.47. The summed E-state index contributed by atoms with van der Waals surface area (Å²) in [5.41, 5.74) is 11.8. The zero-order valence-corrected chi connectivity index (χ0v) is 11.8.